The van der Waals surface area contributed by atoms with Gasteiger partial charge in [-0.1, -0.05) is 30.3 Å². The smallest absolute Gasteiger partial charge is 0.250 e. The van der Waals surface area contributed by atoms with E-state index in [2.05, 4.69) is 22.7 Å². The van der Waals surface area contributed by atoms with Gasteiger partial charge in [0.15, 0.2) is 0 Å². The molecular weight excluding hydrogens is 336 g/mol. The summed E-state index contributed by atoms with van der Waals surface area (Å²) >= 11 is 1.59. The van der Waals surface area contributed by atoms with Gasteiger partial charge >= 0.3 is 0 Å². The molecule has 1 N–H and O–H groups in total. The van der Waals surface area contributed by atoms with Crippen LogP contribution in [0.25, 0.3) is 0 Å². The molecule has 0 bridgehead atoms. The third-order valence-corrected chi connectivity index (χ3v) is 4.40. The zero-order valence-electron chi connectivity index (χ0n) is 14.4. The molecule has 0 heterocycles. The van der Waals surface area contributed by atoms with E-state index in [0.717, 1.165) is 17.7 Å². The number of hydrogen-bond donors (Lipinski definition) is 1. The van der Waals surface area contributed by atoms with Crippen LogP contribution in [0.3, 0.4) is 0 Å². The van der Waals surface area contributed by atoms with Crippen molar-refractivity contribution in [2.75, 3.05) is 25.7 Å². The average Bonchev–Trinajstić information content (AvgIpc) is 2.66. The molecule has 1 amide bonds. The van der Waals surface area contributed by atoms with Crippen molar-refractivity contribution in [2.24, 2.45) is 5.10 Å². The molecule has 0 aliphatic heterocycles. The molecule has 6 heteroatoms. The highest BCUT2D eigenvalue weighted by Crippen LogP contribution is 2.22. The normalized spacial score (nSPS) is 10.6. The third-order valence-electron chi connectivity index (χ3n) is 3.44. The topological polar surface area (TPSA) is 59.9 Å². The van der Waals surface area contributed by atoms with Crippen LogP contribution in [0.15, 0.2) is 53.6 Å². The van der Waals surface area contributed by atoms with Crippen LogP contribution in [-0.2, 0) is 11.2 Å². The summed E-state index contributed by atoms with van der Waals surface area (Å²) in [6.07, 6.45) is 2.51. The zero-order valence-corrected chi connectivity index (χ0v) is 15.2. The Balaban J connectivity index is 1.73. The number of nitrogens with one attached hydrogen (secondary N) is 1. The van der Waals surface area contributed by atoms with Gasteiger partial charge in [-0.2, -0.15) is 16.9 Å². The van der Waals surface area contributed by atoms with E-state index in [-0.39, 0.29) is 5.91 Å². The molecule has 0 radical (unpaired) electrons. The fraction of sp³-hybridized carbons (Fsp3) is 0.263. The lowest BCUT2D eigenvalue weighted by Crippen LogP contribution is -2.20. The lowest BCUT2D eigenvalue weighted by atomic mass is 10.2. The Bertz CT molecular complexity index is 705. The Morgan fingerprint density at radius 1 is 1.16 bits per heavy atom. The van der Waals surface area contributed by atoms with Crippen molar-refractivity contribution in [1.82, 2.24) is 5.43 Å². The lowest BCUT2D eigenvalue weighted by molar-refractivity contribution is -0.118. The van der Waals surface area contributed by atoms with Gasteiger partial charge in [0.2, 0.25) is 5.91 Å². The minimum absolute atomic E-state index is 0.123. The number of carbonyl (C=O) groups excluding carboxylic acids is 1. The lowest BCUT2D eigenvalue weighted by Gasteiger charge is -2.07. The fourth-order valence-corrected chi connectivity index (χ4v) is 2.91. The van der Waals surface area contributed by atoms with E-state index < -0.39 is 0 Å². The van der Waals surface area contributed by atoms with Crippen molar-refractivity contribution in [3.8, 4) is 11.5 Å². The number of benzene rings is 2. The molecule has 5 nitrogen and oxygen atoms in total. The number of ether oxygens (including phenoxy) is 2. The van der Waals surface area contributed by atoms with Crippen molar-refractivity contribution in [1.29, 1.82) is 0 Å². The quantitative estimate of drug-likeness (QED) is 0.425. The van der Waals surface area contributed by atoms with Crippen LogP contribution in [0, 0.1) is 0 Å². The van der Waals surface area contributed by atoms with Gasteiger partial charge < -0.3 is 9.47 Å². The standard InChI is InChI=1S/C19H22N2O3S/c1-23-17-9-8-16(18(12-17)24-2)13-20-21-19(22)14-25-11-10-15-6-4-3-5-7-15/h3-9,12-13H,10-11,14H2,1-2H3,(H,21,22)/b20-13-. The molecule has 132 valence electrons. The summed E-state index contributed by atoms with van der Waals surface area (Å²) in [5, 5.41) is 3.98. The van der Waals surface area contributed by atoms with Crippen molar-refractivity contribution in [3.05, 3.63) is 59.7 Å². The molecule has 2 rings (SSSR count). The van der Waals surface area contributed by atoms with E-state index in [1.54, 1.807) is 38.3 Å². The van der Waals surface area contributed by atoms with Gasteiger partial charge in [-0.05, 0) is 29.9 Å². The average molecular weight is 358 g/mol. The second-order valence-electron chi connectivity index (χ2n) is 5.19. The maximum absolute atomic E-state index is 11.8. The van der Waals surface area contributed by atoms with Gasteiger partial charge in [0.25, 0.3) is 0 Å². The first-order valence-electron chi connectivity index (χ1n) is 7.88. The highest BCUT2D eigenvalue weighted by atomic mass is 32.2. The Kier molecular flexibility index (Phi) is 7.85. The number of amides is 1. The van der Waals surface area contributed by atoms with E-state index in [4.69, 9.17) is 9.47 Å². The Labute approximate surface area is 152 Å². The monoisotopic (exact) mass is 358 g/mol. The van der Waals surface area contributed by atoms with Gasteiger partial charge in [0, 0.05) is 11.6 Å². The van der Waals surface area contributed by atoms with Crippen LogP contribution >= 0.6 is 11.8 Å². The third kappa shape index (κ3) is 6.51. The molecule has 2 aromatic carbocycles. The first-order valence-corrected chi connectivity index (χ1v) is 9.04. The number of thioether (sulfide) groups is 1. The number of aryl methyl sites for hydroxylation is 1. The van der Waals surface area contributed by atoms with Crippen LogP contribution in [0.4, 0.5) is 0 Å². The van der Waals surface area contributed by atoms with Crippen LogP contribution < -0.4 is 14.9 Å². The molecule has 0 fully saturated rings. The zero-order chi connectivity index (χ0) is 17.9. The summed E-state index contributed by atoms with van der Waals surface area (Å²) in [5.41, 5.74) is 4.57. The van der Waals surface area contributed by atoms with E-state index in [0.29, 0.717) is 17.3 Å². The maximum Gasteiger partial charge on any atom is 0.250 e. The largest absolute Gasteiger partial charge is 0.497 e. The minimum Gasteiger partial charge on any atom is -0.497 e. The number of nitrogens with zero attached hydrogens (tertiary/aromatic N) is 1. The highest BCUT2D eigenvalue weighted by molar-refractivity contribution is 7.99. The van der Waals surface area contributed by atoms with Gasteiger partial charge in [0.1, 0.15) is 11.5 Å². The van der Waals surface area contributed by atoms with Gasteiger partial charge in [-0.15, -0.1) is 0 Å². The molecule has 0 spiro atoms. The van der Waals surface area contributed by atoms with Gasteiger partial charge in [0.05, 0.1) is 26.2 Å². The Morgan fingerprint density at radius 3 is 2.68 bits per heavy atom. The summed E-state index contributed by atoms with van der Waals surface area (Å²) in [6.45, 7) is 0. The molecule has 0 aromatic heterocycles. The number of hydrazone groups is 1. The second kappa shape index (κ2) is 10.4. The van der Waals surface area contributed by atoms with Crippen molar-refractivity contribution in [3.63, 3.8) is 0 Å². The number of carbonyl (C=O) groups is 1. The maximum atomic E-state index is 11.8. The molecule has 0 saturated heterocycles. The molecule has 0 atom stereocenters. The van der Waals surface area contributed by atoms with E-state index >= 15 is 0 Å². The summed E-state index contributed by atoms with van der Waals surface area (Å²) in [5.74, 6) is 2.49. The van der Waals surface area contributed by atoms with E-state index in [1.807, 2.05) is 30.3 Å². The summed E-state index contributed by atoms with van der Waals surface area (Å²) in [4.78, 5) is 11.8. The second-order valence-corrected chi connectivity index (χ2v) is 6.29. The molecule has 0 aliphatic rings. The van der Waals surface area contributed by atoms with Crippen LogP contribution in [0.1, 0.15) is 11.1 Å². The van der Waals surface area contributed by atoms with E-state index in [9.17, 15) is 4.79 Å². The van der Waals surface area contributed by atoms with E-state index in [1.165, 1.54) is 5.56 Å². The summed E-state index contributed by atoms with van der Waals surface area (Å²) in [6, 6.07) is 15.6. The summed E-state index contributed by atoms with van der Waals surface area (Å²) < 4.78 is 10.4. The minimum atomic E-state index is -0.123. The first kappa shape index (κ1) is 18.9. The predicted octanol–water partition coefficient (Wildman–Crippen LogP) is 3.13. The SMILES string of the molecule is COc1ccc(/C=N\NC(=O)CSCCc2ccccc2)c(OC)c1. The highest BCUT2D eigenvalue weighted by Gasteiger charge is 2.04. The van der Waals surface area contributed by atoms with Gasteiger partial charge in [-0.25, -0.2) is 5.43 Å². The van der Waals surface area contributed by atoms with Crippen molar-refractivity contribution >= 4 is 23.9 Å². The van der Waals surface area contributed by atoms with Gasteiger partial charge in [-0.3, -0.25) is 4.79 Å². The number of hydrogen-bond acceptors (Lipinski definition) is 5. The van der Waals surface area contributed by atoms with Crippen molar-refractivity contribution < 1.29 is 14.3 Å². The Hall–Kier alpha value is -2.47. The fourth-order valence-electron chi connectivity index (χ4n) is 2.13. The van der Waals surface area contributed by atoms with Crippen molar-refractivity contribution in [2.45, 2.75) is 6.42 Å². The van der Waals surface area contributed by atoms with Crippen LogP contribution in [0.5, 0.6) is 11.5 Å². The predicted molar refractivity (Wildman–Crippen MR) is 103 cm³/mol. The first-order chi connectivity index (χ1) is 12.2. The van der Waals surface area contributed by atoms with Crippen LogP contribution in [-0.4, -0.2) is 37.8 Å². The number of methoxy groups -OCH3 is 2. The molecule has 0 aliphatic carbocycles. The van der Waals surface area contributed by atoms with Crippen LogP contribution in [0.2, 0.25) is 0 Å². The Morgan fingerprint density at radius 2 is 1.96 bits per heavy atom. The molecular formula is C19H22N2O3S. The molecule has 0 unspecified atom stereocenters. The molecule has 2 aromatic rings. The molecule has 25 heavy (non-hydrogen) atoms. The summed E-state index contributed by atoms with van der Waals surface area (Å²) in [7, 11) is 3.17. The molecule has 0 saturated carbocycles. The number of rotatable bonds is 9.